The van der Waals surface area contributed by atoms with Gasteiger partial charge in [0.25, 0.3) is 5.69 Å². The fourth-order valence-electron chi connectivity index (χ4n) is 1.44. The third-order valence-electron chi connectivity index (χ3n) is 2.44. The maximum absolute atomic E-state index is 10.7. The van der Waals surface area contributed by atoms with Crippen LogP contribution in [0.4, 0.5) is 5.69 Å². The van der Waals surface area contributed by atoms with Crippen molar-refractivity contribution in [3.63, 3.8) is 0 Å². The summed E-state index contributed by atoms with van der Waals surface area (Å²) in [6.45, 7) is 1.13. The molecule has 1 aromatic rings. The molecule has 1 aromatic carbocycles. The smallest absolute Gasteiger partial charge is 0.270 e. The Morgan fingerprint density at radius 2 is 2.16 bits per heavy atom. The molecule has 104 valence electrons. The van der Waals surface area contributed by atoms with Gasteiger partial charge >= 0.3 is 0 Å². The molecule has 0 bridgehead atoms. The van der Waals surface area contributed by atoms with Crippen molar-refractivity contribution in [1.29, 1.82) is 0 Å². The molecule has 0 fully saturated rings. The number of benzene rings is 1. The lowest BCUT2D eigenvalue weighted by Gasteiger charge is -2.19. The minimum Gasteiger partial charge on any atom is -0.388 e. The number of aliphatic hydroxyl groups excluding tert-OH is 2. The van der Waals surface area contributed by atoms with Crippen LogP contribution in [0.5, 0.6) is 0 Å². The number of amides is 1. The highest BCUT2D eigenvalue weighted by atomic mass is 35.5. The minimum atomic E-state index is -1.35. The van der Waals surface area contributed by atoms with Crippen molar-refractivity contribution in [3.8, 4) is 0 Å². The molecule has 0 aliphatic rings. The van der Waals surface area contributed by atoms with E-state index < -0.39 is 17.1 Å². The van der Waals surface area contributed by atoms with Crippen LogP contribution >= 0.6 is 11.6 Å². The average molecular weight is 289 g/mol. The number of hydrogen-bond donors (Lipinski definition) is 3. The van der Waals surface area contributed by atoms with Crippen LogP contribution in [0.3, 0.4) is 0 Å². The maximum Gasteiger partial charge on any atom is 0.270 e. The number of nitro groups is 1. The SMILES string of the molecule is CC(=O)NCC(O)C(O)c1ccc([N+](=O)[O-])cc1Cl. The molecule has 1 rings (SSSR count). The van der Waals surface area contributed by atoms with Crippen LogP contribution in [0.1, 0.15) is 18.6 Å². The van der Waals surface area contributed by atoms with Crippen molar-refractivity contribution < 1.29 is 19.9 Å². The highest BCUT2D eigenvalue weighted by Gasteiger charge is 2.22. The first-order chi connectivity index (χ1) is 8.82. The molecule has 0 spiro atoms. The van der Waals surface area contributed by atoms with Gasteiger partial charge in [0.05, 0.1) is 9.95 Å². The number of non-ortho nitro benzene ring substituents is 1. The molecule has 7 nitrogen and oxygen atoms in total. The number of aliphatic hydroxyl groups is 2. The fraction of sp³-hybridized carbons (Fsp3) is 0.364. The van der Waals surface area contributed by atoms with Crippen molar-refractivity contribution in [3.05, 3.63) is 38.9 Å². The van der Waals surface area contributed by atoms with Gasteiger partial charge in [-0.3, -0.25) is 14.9 Å². The van der Waals surface area contributed by atoms with E-state index in [1.165, 1.54) is 19.1 Å². The Bertz CT molecular complexity index is 494. The summed E-state index contributed by atoms with van der Waals surface area (Å²) >= 11 is 5.81. The highest BCUT2D eigenvalue weighted by Crippen LogP contribution is 2.28. The predicted octanol–water partition coefficient (Wildman–Crippen LogP) is 0.779. The standard InChI is InChI=1S/C11H13ClN2O5/c1-6(15)13-5-10(16)11(17)8-3-2-7(14(18)19)4-9(8)12/h2-4,10-11,16-17H,5H2,1H3,(H,13,15). The maximum atomic E-state index is 10.7. The molecule has 0 saturated carbocycles. The van der Waals surface area contributed by atoms with E-state index in [4.69, 9.17) is 11.6 Å². The summed E-state index contributed by atoms with van der Waals surface area (Å²) in [6, 6.07) is 3.53. The molecule has 0 saturated heterocycles. The number of rotatable bonds is 5. The normalized spacial score (nSPS) is 13.7. The summed E-state index contributed by atoms with van der Waals surface area (Å²) in [5, 5.41) is 32.4. The zero-order valence-electron chi connectivity index (χ0n) is 10.0. The largest absolute Gasteiger partial charge is 0.388 e. The van der Waals surface area contributed by atoms with Crippen LogP contribution in [0.2, 0.25) is 5.02 Å². The minimum absolute atomic E-state index is 0.0245. The lowest BCUT2D eigenvalue weighted by molar-refractivity contribution is -0.384. The molecule has 0 heterocycles. The van der Waals surface area contributed by atoms with Gasteiger partial charge in [-0.05, 0) is 6.07 Å². The summed E-state index contributed by atoms with van der Waals surface area (Å²) < 4.78 is 0. The number of halogens is 1. The second kappa shape index (κ2) is 6.46. The molecular weight excluding hydrogens is 276 g/mol. The van der Waals surface area contributed by atoms with E-state index in [1.54, 1.807) is 0 Å². The van der Waals surface area contributed by atoms with Crippen molar-refractivity contribution in [2.24, 2.45) is 0 Å². The molecule has 19 heavy (non-hydrogen) atoms. The van der Waals surface area contributed by atoms with Crippen molar-refractivity contribution in [1.82, 2.24) is 5.32 Å². The number of carbonyl (C=O) groups excluding carboxylic acids is 1. The van der Waals surface area contributed by atoms with E-state index in [1.807, 2.05) is 0 Å². The topological polar surface area (TPSA) is 113 Å². The van der Waals surface area contributed by atoms with E-state index in [-0.39, 0.29) is 28.7 Å². The van der Waals surface area contributed by atoms with Gasteiger partial charge in [0.15, 0.2) is 0 Å². The van der Waals surface area contributed by atoms with Gasteiger partial charge in [0, 0.05) is 31.2 Å². The first kappa shape index (κ1) is 15.4. The fourth-order valence-corrected chi connectivity index (χ4v) is 1.72. The molecule has 0 aromatic heterocycles. The third kappa shape index (κ3) is 4.16. The Kier molecular flexibility index (Phi) is 5.22. The molecule has 0 aliphatic carbocycles. The van der Waals surface area contributed by atoms with Gasteiger partial charge in [-0.1, -0.05) is 11.6 Å². The van der Waals surface area contributed by atoms with Gasteiger partial charge in [0.1, 0.15) is 12.2 Å². The Morgan fingerprint density at radius 1 is 1.53 bits per heavy atom. The first-order valence-electron chi connectivity index (χ1n) is 5.37. The quantitative estimate of drug-likeness (QED) is 0.547. The first-order valence-corrected chi connectivity index (χ1v) is 5.75. The van der Waals surface area contributed by atoms with E-state index in [9.17, 15) is 25.1 Å². The van der Waals surface area contributed by atoms with Crippen LogP contribution in [-0.2, 0) is 4.79 Å². The van der Waals surface area contributed by atoms with E-state index in [2.05, 4.69) is 5.32 Å². The summed E-state index contributed by atoms with van der Waals surface area (Å²) in [7, 11) is 0. The Morgan fingerprint density at radius 3 is 2.63 bits per heavy atom. The number of carbonyl (C=O) groups is 1. The summed E-state index contributed by atoms with van der Waals surface area (Å²) in [6.07, 6.45) is -2.61. The summed E-state index contributed by atoms with van der Waals surface area (Å²) in [5.41, 5.74) is -0.0533. The van der Waals surface area contributed by atoms with Crippen LogP contribution in [0.15, 0.2) is 18.2 Å². The highest BCUT2D eigenvalue weighted by molar-refractivity contribution is 6.31. The van der Waals surface area contributed by atoms with E-state index >= 15 is 0 Å². The van der Waals surface area contributed by atoms with Crippen LogP contribution in [-0.4, -0.2) is 33.7 Å². The van der Waals surface area contributed by atoms with E-state index in [0.29, 0.717) is 0 Å². The van der Waals surface area contributed by atoms with Crippen molar-refractivity contribution >= 4 is 23.2 Å². The Balaban J connectivity index is 2.84. The molecule has 0 aliphatic heterocycles. The third-order valence-corrected chi connectivity index (χ3v) is 2.77. The van der Waals surface area contributed by atoms with Gasteiger partial charge in [-0.15, -0.1) is 0 Å². The van der Waals surface area contributed by atoms with Gasteiger partial charge < -0.3 is 15.5 Å². The molecule has 2 unspecified atom stereocenters. The van der Waals surface area contributed by atoms with Gasteiger partial charge in [0.2, 0.25) is 5.91 Å². The van der Waals surface area contributed by atoms with E-state index in [0.717, 1.165) is 6.07 Å². The average Bonchev–Trinajstić information content (AvgIpc) is 2.34. The number of nitrogens with one attached hydrogen (secondary N) is 1. The predicted molar refractivity (Wildman–Crippen MR) is 67.8 cm³/mol. The lowest BCUT2D eigenvalue weighted by Crippen LogP contribution is -2.34. The Labute approximate surface area is 114 Å². The van der Waals surface area contributed by atoms with Crippen molar-refractivity contribution in [2.75, 3.05) is 6.54 Å². The zero-order valence-corrected chi connectivity index (χ0v) is 10.8. The molecule has 2 atom stereocenters. The molecule has 8 heteroatoms. The monoisotopic (exact) mass is 288 g/mol. The summed E-state index contributed by atoms with van der Waals surface area (Å²) in [4.78, 5) is 20.6. The van der Waals surface area contributed by atoms with Crippen LogP contribution < -0.4 is 5.32 Å². The molecule has 3 N–H and O–H groups in total. The molecule has 1 amide bonds. The second-order valence-electron chi connectivity index (χ2n) is 3.91. The summed E-state index contributed by atoms with van der Waals surface area (Å²) in [5.74, 6) is -0.346. The number of nitrogens with zero attached hydrogens (tertiary/aromatic N) is 1. The van der Waals surface area contributed by atoms with Gasteiger partial charge in [-0.25, -0.2) is 0 Å². The van der Waals surface area contributed by atoms with Crippen LogP contribution in [0.25, 0.3) is 0 Å². The number of hydrogen-bond acceptors (Lipinski definition) is 5. The van der Waals surface area contributed by atoms with Crippen LogP contribution in [0, 0.1) is 10.1 Å². The van der Waals surface area contributed by atoms with Gasteiger partial charge in [-0.2, -0.15) is 0 Å². The molecule has 0 radical (unpaired) electrons. The zero-order chi connectivity index (χ0) is 14.6. The number of nitro benzene ring substituents is 1. The lowest BCUT2D eigenvalue weighted by atomic mass is 10.0. The Hall–Kier alpha value is -1.70. The van der Waals surface area contributed by atoms with Crippen molar-refractivity contribution in [2.45, 2.75) is 19.1 Å². The second-order valence-corrected chi connectivity index (χ2v) is 4.32. The molecular formula is C11H13ClN2O5.